The smallest absolute Gasteiger partial charge is 0.226 e. The molecule has 0 heterocycles. The molecule has 0 saturated carbocycles. The molecule has 2 aromatic rings. The van der Waals surface area contributed by atoms with Crippen LogP contribution in [0, 0.1) is 11.6 Å². The Morgan fingerprint density at radius 2 is 1.68 bits per heavy atom. The van der Waals surface area contributed by atoms with Gasteiger partial charge in [0.25, 0.3) is 0 Å². The molecule has 3 nitrogen and oxygen atoms in total. The quantitative estimate of drug-likeness (QED) is 0.848. The number of halogens is 2. The van der Waals surface area contributed by atoms with E-state index in [1.54, 1.807) is 0 Å². The normalized spacial score (nSPS) is 10.3. The monoisotopic (exact) mass is 304 g/mol. The van der Waals surface area contributed by atoms with Gasteiger partial charge in [-0.3, -0.25) is 4.79 Å². The van der Waals surface area contributed by atoms with Crippen LogP contribution >= 0.6 is 0 Å². The van der Waals surface area contributed by atoms with Crippen LogP contribution in [0.5, 0.6) is 0 Å². The van der Waals surface area contributed by atoms with Crippen LogP contribution in [0.1, 0.15) is 18.9 Å². The fraction of sp³-hybridized carbons (Fsp3) is 0.235. The second kappa shape index (κ2) is 7.54. The lowest BCUT2D eigenvalue weighted by Crippen LogP contribution is -2.17. The highest BCUT2D eigenvalue weighted by Crippen LogP contribution is 2.18. The maximum atomic E-state index is 13.4. The summed E-state index contributed by atoms with van der Waals surface area (Å²) in [4.78, 5) is 11.7. The Kier molecular flexibility index (Phi) is 5.47. The summed E-state index contributed by atoms with van der Waals surface area (Å²) in [7, 11) is 0. The van der Waals surface area contributed by atoms with E-state index in [9.17, 15) is 13.6 Å². The number of amides is 1. The third-order valence-electron chi connectivity index (χ3n) is 3.27. The van der Waals surface area contributed by atoms with Gasteiger partial charge < -0.3 is 10.6 Å². The number of carbonyl (C=O) groups is 1. The molecule has 0 radical (unpaired) electrons. The molecule has 5 heteroatoms. The van der Waals surface area contributed by atoms with Crippen LogP contribution in [-0.2, 0) is 11.2 Å². The minimum atomic E-state index is -0.781. The van der Waals surface area contributed by atoms with Crippen molar-refractivity contribution in [2.75, 3.05) is 17.2 Å². The fourth-order valence-electron chi connectivity index (χ4n) is 2.00. The predicted octanol–water partition coefficient (Wildman–Crippen LogP) is 3.97. The predicted molar refractivity (Wildman–Crippen MR) is 83.9 cm³/mol. The van der Waals surface area contributed by atoms with Gasteiger partial charge >= 0.3 is 0 Å². The van der Waals surface area contributed by atoms with Crippen molar-refractivity contribution < 1.29 is 13.6 Å². The lowest BCUT2D eigenvalue weighted by Gasteiger charge is -2.09. The summed E-state index contributed by atoms with van der Waals surface area (Å²) in [5, 5.41) is 5.35. The summed E-state index contributed by atoms with van der Waals surface area (Å²) >= 11 is 0. The molecule has 0 bridgehead atoms. The first-order valence-corrected chi connectivity index (χ1v) is 7.17. The molecule has 0 spiro atoms. The Morgan fingerprint density at radius 3 is 2.27 bits per heavy atom. The molecule has 2 N–H and O–H groups in total. The number of nitrogens with one attached hydrogen (secondary N) is 2. The third kappa shape index (κ3) is 4.28. The number of hydrogen-bond acceptors (Lipinski definition) is 2. The molecule has 0 aliphatic carbocycles. The SMILES string of the molecule is CCc1ccc(NCCC(=O)Nc2c(F)cccc2F)cc1. The van der Waals surface area contributed by atoms with Gasteiger partial charge in [-0.05, 0) is 36.2 Å². The second-order valence-electron chi connectivity index (χ2n) is 4.87. The molecule has 22 heavy (non-hydrogen) atoms. The van der Waals surface area contributed by atoms with E-state index in [0.29, 0.717) is 6.54 Å². The maximum absolute atomic E-state index is 13.4. The van der Waals surface area contributed by atoms with Crippen LogP contribution in [0.2, 0.25) is 0 Å². The van der Waals surface area contributed by atoms with E-state index in [0.717, 1.165) is 24.2 Å². The van der Waals surface area contributed by atoms with E-state index >= 15 is 0 Å². The summed E-state index contributed by atoms with van der Waals surface area (Å²) in [6.45, 7) is 2.46. The number of carbonyl (C=O) groups excluding carboxylic acids is 1. The minimum absolute atomic E-state index is 0.114. The molecule has 0 unspecified atom stereocenters. The molecule has 0 aromatic heterocycles. The van der Waals surface area contributed by atoms with Crippen LogP contribution < -0.4 is 10.6 Å². The highest BCUT2D eigenvalue weighted by atomic mass is 19.1. The molecule has 0 fully saturated rings. The van der Waals surface area contributed by atoms with Crippen molar-refractivity contribution in [3.05, 3.63) is 59.7 Å². The van der Waals surface area contributed by atoms with E-state index in [-0.39, 0.29) is 6.42 Å². The summed E-state index contributed by atoms with van der Waals surface area (Å²) < 4.78 is 26.8. The van der Waals surface area contributed by atoms with Gasteiger partial charge in [0.15, 0.2) is 0 Å². The Hall–Kier alpha value is -2.43. The summed E-state index contributed by atoms with van der Waals surface area (Å²) in [6.07, 6.45) is 1.08. The number of rotatable bonds is 6. The average Bonchev–Trinajstić information content (AvgIpc) is 2.52. The lowest BCUT2D eigenvalue weighted by atomic mass is 10.1. The lowest BCUT2D eigenvalue weighted by molar-refractivity contribution is -0.116. The number of para-hydroxylation sites is 1. The van der Waals surface area contributed by atoms with Crippen molar-refractivity contribution >= 4 is 17.3 Å². The molecule has 0 atom stereocenters. The van der Waals surface area contributed by atoms with E-state index in [1.165, 1.54) is 11.6 Å². The van der Waals surface area contributed by atoms with Crippen LogP contribution in [0.15, 0.2) is 42.5 Å². The number of aryl methyl sites for hydroxylation is 1. The van der Waals surface area contributed by atoms with Gasteiger partial charge in [-0.15, -0.1) is 0 Å². The van der Waals surface area contributed by atoms with Gasteiger partial charge in [0.1, 0.15) is 17.3 Å². The first-order chi connectivity index (χ1) is 10.6. The van der Waals surface area contributed by atoms with Gasteiger partial charge in [-0.1, -0.05) is 25.1 Å². The van der Waals surface area contributed by atoms with E-state index < -0.39 is 23.2 Å². The summed E-state index contributed by atoms with van der Waals surface area (Å²) in [5.41, 5.74) is 1.74. The van der Waals surface area contributed by atoms with Crippen molar-refractivity contribution in [3.8, 4) is 0 Å². The first kappa shape index (κ1) is 15.9. The second-order valence-corrected chi connectivity index (χ2v) is 4.87. The topological polar surface area (TPSA) is 41.1 Å². The Balaban J connectivity index is 1.82. The standard InChI is InChI=1S/C17H18F2N2O/c1-2-12-6-8-13(9-7-12)20-11-10-16(22)21-17-14(18)4-3-5-15(17)19/h3-9,20H,2,10-11H2,1H3,(H,21,22). The molecule has 0 saturated heterocycles. The molecule has 1 amide bonds. The highest BCUT2D eigenvalue weighted by molar-refractivity contribution is 5.91. The van der Waals surface area contributed by atoms with Gasteiger partial charge in [0, 0.05) is 18.7 Å². The highest BCUT2D eigenvalue weighted by Gasteiger charge is 2.11. The van der Waals surface area contributed by atoms with Crippen LogP contribution in [-0.4, -0.2) is 12.5 Å². The molecular formula is C17H18F2N2O. The van der Waals surface area contributed by atoms with E-state index in [2.05, 4.69) is 17.6 Å². The van der Waals surface area contributed by atoms with Crippen molar-refractivity contribution in [2.24, 2.45) is 0 Å². The van der Waals surface area contributed by atoms with Crippen LogP contribution in [0.3, 0.4) is 0 Å². The Morgan fingerprint density at radius 1 is 1.05 bits per heavy atom. The molecule has 0 aliphatic rings. The molecule has 2 aromatic carbocycles. The zero-order chi connectivity index (χ0) is 15.9. The van der Waals surface area contributed by atoms with Crippen molar-refractivity contribution in [1.82, 2.24) is 0 Å². The van der Waals surface area contributed by atoms with Gasteiger partial charge in [-0.2, -0.15) is 0 Å². The molecule has 116 valence electrons. The van der Waals surface area contributed by atoms with Gasteiger partial charge in [-0.25, -0.2) is 8.78 Å². The zero-order valence-electron chi connectivity index (χ0n) is 12.3. The molecule has 0 aliphatic heterocycles. The first-order valence-electron chi connectivity index (χ1n) is 7.17. The Labute approximate surface area is 128 Å². The van der Waals surface area contributed by atoms with E-state index in [4.69, 9.17) is 0 Å². The summed E-state index contributed by atoms with van der Waals surface area (Å²) in [5.74, 6) is -2.00. The largest absolute Gasteiger partial charge is 0.385 e. The number of anilines is 2. The summed E-state index contributed by atoms with van der Waals surface area (Å²) in [6, 6.07) is 11.4. The van der Waals surface area contributed by atoms with Crippen molar-refractivity contribution in [2.45, 2.75) is 19.8 Å². The van der Waals surface area contributed by atoms with Gasteiger partial charge in [0.05, 0.1) is 0 Å². The molecule has 2 rings (SSSR count). The zero-order valence-corrected chi connectivity index (χ0v) is 12.3. The maximum Gasteiger partial charge on any atom is 0.226 e. The third-order valence-corrected chi connectivity index (χ3v) is 3.27. The number of hydrogen-bond donors (Lipinski definition) is 2. The van der Waals surface area contributed by atoms with E-state index in [1.807, 2.05) is 24.3 Å². The van der Waals surface area contributed by atoms with Gasteiger partial charge in [0.2, 0.25) is 5.91 Å². The van der Waals surface area contributed by atoms with Crippen molar-refractivity contribution in [1.29, 1.82) is 0 Å². The minimum Gasteiger partial charge on any atom is -0.385 e. The average molecular weight is 304 g/mol. The van der Waals surface area contributed by atoms with Crippen LogP contribution in [0.25, 0.3) is 0 Å². The van der Waals surface area contributed by atoms with Crippen LogP contribution in [0.4, 0.5) is 20.2 Å². The molecular weight excluding hydrogens is 286 g/mol. The Bertz CT molecular complexity index is 621. The number of benzene rings is 2. The van der Waals surface area contributed by atoms with Crippen molar-refractivity contribution in [3.63, 3.8) is 0 Å². The fourth-order valence-corrected chi connectivity index (χ4v) is 2.00.